The summed E-state index contributed by atoms with van der Waals surface area (Å²) < 4.78 is 13.6. The molecule has 0 aliphatic heterocycles. The second kappa shape index (κ2) is 4.03. The van der Waals surface area contributed by atoms with Gasteiger partial charge in [-0.15, -0.1) is 0 Å². The van der Waals surface area contributed by atoms with Crippen LogP contribution in [0.25, 0.3) is 10.9 Å². The molecule has 0 radical (unpaired) electrons. The molecule has 0 aliphatic rings. The predicted molar refractivity (Wildman–Crippen MR) is 60.2 cm³/mol. The number of aryl methyl sites for hydroxylation is 1. The minimum atomic E-state index is -0.159. The van der Waals surface area contributed by atoms with Crippen molar-refractivity contribution in [2.45, 2.75) is 25.8 Å². The molecule has 0 spiro atoms. The van der Waals surface area contributed by atoms with E-state index in [0.29, 0.717) is 5.39 Å². The van der Waals surface area contributed by atoms with Gasteiger partial charge in [0.15, 0.2) is 0 Å². The Kier molecular flexibility index (Phi) is 2.73. The Morgan fingerprint density at radius 3 is 3.00 bits per heavy atom. The first kappa shape index (κ1) is 10.2. The zero-order valence-corrected chi connectivity index (χ0v) is 8.76. The van der Waals surface area contributed by atoms with Gasteiger partial charge in [-0.1, -0.05) is 6.07 Å². The van der Waals surface area contributed by atoms with E-state index in [1.807, 2.05) is 19.2 Å². The summed E-state index contributed by atoms with van der Waals surface area (Å²) in [6.45, 7) is 1.96. The monoisotopic (exact) mass is 206 g/mol. The lowest BCUT2D eigenvalue weighted by Gasteiger charge is -2.03. The van der Waals surface area contributed by atoms with Crippen LogP contribution in [0.1, 0.15) is 18.9 Å². The molecule has 0 unspecified atom stereocenters. The van der Waals surface area contributed by atoms with Crippen LogP contribution in [-0.2, 0) is 6.42 Å². The second-order valence-electron chi connectivity index (χ2n) is 3.99. The maximum Gasteiger partial charge on any atom is 0.132 e. The van der Waals surface area contributed by atoms with Crippen LogP contribution in [0.15, 0.2) is 24.4 Å². The van der Waals surface area contributed by atoms with Crippen molar-refractivity contribution in [2.24, 2.45) is 5.73 Å². The van der Waals surface area contributed by atoms with Crippen LogP contribution in [0.5, 0.6) is 0 Å². The molecule has 1 atom stereocenters. The van der Waals surface area contributed by atoms with Gasteiger partial charge in [-0.05, 0) is 37.5 Å². The summed E-state index contributed by atoms with van der Waals surface area (Å²) in [6, 6.07) is 5.24. The third kappa shape index (κ3) is 2.02. The van der Waals surface area contributed by atoms with Crippen LogP contribution >= 0.6 is 0 Å². The van der Waals surface area contributed by atoms with Crippen molar-refractivity contribution in [3.63, 3.8) is 0 Å². The smallest absolute Gasteiger partial charge is 0.132 e. The van der Waals surface area contributed by atoms with Crippen LogP contribution in [0.3, 0.4) is 0 Å². The van der Waals surface area contributed by atoms with Crippen LogP contribution in [-0.4, -0.2) is 11.0 Å². The van der Waals surface area contributed by atoms with Gasteiger partial charge in [-0.2, -0.15) is 0 Å². The molecule has 0 bridgehead atoms. The van der Waals surface area contributed by atoms with Gasteiger partial charge in [0.25, 0.3) is 0 Å². The highest BCUT2D eigenvalue weighted by Gasteiger charge is 2.08. The van der Waals surface area contributed by atoms with Gasteiger partial charge < -0.3 is 10.7 Å². The quantitative estimate of drug-likeness (QED) is 0.796. The molecule has 0 saturated carbocycles. The molecule has 0 saturated heterocycles. The molecule has 0 amide bonds. The van der Waals surface area contributed by atoms with Crippen molar-refractivity contribution >= 4 is 10.9 Å². The van der Waals surface area contributed by atoms with Crippen LogP contribution in [0.2, 0.25) is 0 Å². The maximum atomic E-state index is 13.6. The highest BCUT2D eigenvalue weighted by molar-refractivity contribution is 5.83. The predicted octanol–water partition coefficient (Wildman–Crippen LogP) is 2.59. The summed E-state index contributed by atoms with van der Waals surface area (Å²) in [4.78, 5) is 3.07. The molecule has 3 heteroatoms. The zero-order valence-electron chi connectivity index (χ0n) is 8.76. The minimum Gasteiger partial charge on any atom is -0.361 e. The molecule has 1 heterocycles. The summed E-state index contributed by atoms with van der Waals surface area (Å²) in [6.07, 6.45) is 3.57. The SMILES string of the molecule is C[C@H](N)CCc1c[nH]c2cccc(F)c12. The second-order valence-corrected chi connectivity index (χ2v) is 3.99. The topological polar surface area (TPSA) is 41.8 Å². The Morgan fingerprint density at radius 2 is 2.27 bits per heavy atom. The third-order valence-electron chi connectivity index (χ3n) is 2.61. The number of H-pyrrole nitrogens is 1. The number of rotatable bonds is 3. The average molecular weight is 206 g/mol. The normalized spacial score (nSPS) is 13.3. The average Bonchev–Trinajstić information content (AvgIpc) is 2.59. The molecule has 3 N–H and O–H groups in total. The molecular formula is C12H15FN2. The van der Waals surface area contributed by atoms with Gasteiger partial charge in [0.1, 0.15) is 5.82 Å². The first-order valence-corrected chi connectivity index (χ1v) is 5.18. The van der Waals surface area contributed by atoms with E-state index in [1.165, 1.54) is 6.07 Å². The Labute approximate surface area is 88.3 Å². The number of fused-ring (bicyclic) bond motifs is 1. The number of aromatic amines is 1. The fourth-order valence-corrected chi connectivity index (χ4v) is 1.79. The van der Waals surface area contributed by atoms with Gasteiger partial charge in [-0.3, -0.25) is 0 Å². The Hall–Kier alpha value is -1.35. The lowest BCUT2D eigenvalue weighted by atomic mass is 10.1. The summed E-state index contributed by atoms with van der Waals surface area (Å²) in [7, 11) is 0. The Balaban J connectivity index is 2.35. The van der Waals surface area contributed by atoms with Crippen molar-refractivity contribution in [3.05, 3.63) is 35.8 Å². The van der Waals surface area contributed by atoms with Gasteiger partial charge in [0.05, 0.1) is 0 Å². The van der Waals surface area contributed by atoms with Crippen LogP contribution < -0.4 is 5.73 Å². The van der Waals surface area contributed by atoms with E-state index < -0.39 is 0 Å². The van der Waals surface area contributed by atoms with E-state index in [-0.39, 0.29) is 11.9 Å². The molecule has 1 aromatic carbocycles. The molecule has 2 aromatic rings. The third-order valence-corrected chi connectivity index (χ3v) is 2.61. The summed E-state index contributed by atoms with van der Waals surface area (Å²) in [5.74, 6) is -0.159. The van der Waals surface area contributed by atoms with Gasteiger partial charge in [0, 0.05) is 23.1 Å². The van der Waals surface area contributed by atoms with Crippen molar-refractivity contribution in [1.29, 1.82) is 0 Å². The Bertz CT molecular complexity index is 460. The first-order chi connectivity index (χ1) is 7.18. The van der Waals surface area contributed by atoms with E-state index >= 15 is 0 Å². The van der Waals surface area contributed by atoms with Gasteiger partial charge >= 0.3 is 0 Å². The lowest BCUT2D eigenvalue weighted by molar-refractivity contribution is 0.635. The minimum absolute atomic E-state index is 0.154. The van der Waals surface area contributed by atoms with Gasteiger partial charge in [0.2, 0.25) is 0 Å². The summed E-state index contributed by atoms with van der Waals surface area (Å²) in [5.41, 5.74) is 7.56. The number of nitrogens with one attached hydrogen (secondary N) is 1. The molecule has 2 rings (SSSR count). The van der Waals surface area contributed by atoms with Crippen molar-refractivity contribution in [2.75, 3.05) is 0 Å². The van der Waals surface area contributed by atoms with E-state index in [1.54, 1.807) is 6.07 Å². The molecule has 0 fully saturated rings. The molecule has 2 nitrogen and oxygen atoms in total. The highest BCUT2D eigenvalue weighted by Crippen LogP contribution is 2.22. The molecule has 80 valence electrons. The number of aromatic nitrogens is 1. The van der Waals surface area contributed by atoms with E-state index in [9.17, 15) is 4.39 Å². The van der Waals surface area contributed by atoms with E-state index in [0.717, 1.165) is 23.9 Å². The highest BCUT2D eigenvalue weighted by atomic mass is 19.1. The molecule has 1 aromatic heterocycles. The fraction of sp³-hybridized carbons (Fsp3) is 0.333. The molecular weight excluding hydrogens is 191 g/mol. The standard InChI is InChI=1S/C12H15FN2/c1-8(14)5-6-9-7-15-11-4-2-3-10(13)12(9)11/h2-4,7-8,15H,5-6,14H2,1H3/t8-/m0/s1. The Morgan fingerprint density at radius 1 is 1.47 bits per heavy atom. The molecule has 15 heavy (non-hydrogen) atoms. The van der Waals surface area contributed by atoms with E-state index in [2.05, 4.69) is 4.98 Å². The number of halogens is 1. The largest absolute Gasteiger partial charge is 0.361 e. The first-order valence-electron chi connectivity index (χ1n) is 5.18. The summed E-state index contributed by atoms with van der Waals surface area (Å²) in [5, 5.41) is 0.707. The maximum absolute atomic E-state index is 13.6. The lowest BCUT2D eigenvalue weighted by Crippen LogP contribution is -2.15. The summed E-state index contributed by atoms with van der Waals surface area (Å²) >= 11 is 0. The number of hydrogen-bond acceptors (Lipinski definition) is 1. The van der Waals surface area contributed by atoms with Crippen LogP contribution in [0.4, 0.5) is 4.39 Å². The van der Waals surface area contributed by atoms with Crippen LogP contribution in [0, 0.1) is 5.82 Å². The number of nitrogens with two attached hydrogens (primary N) is 1. The van der Waals surface area contributed by atoms with Crippen molar-refractivity contribution < 1.29 is 4.39 Å². The van der Waals surface area contributed by atoms with E-state index in [4.69, 9.17) is 5.73 Å². The van der Waals surface area contributed by atoms with Gasteiger partial charge in [-0.25, -0.2) is 4.39 Å². The molecule has 0 aliphatic carbocycles. The number of benzene rings is 1. The van der Waals surface area contributed by atoms with Crippen molar-refractivity contribution in [3.8, 4) is 0 Å². The fourth-order valence-electron chi connectivity index (χ4n) is 1.79. The van der Waals surface area contributed by atoms with Crippen molar-refractivity contribution in [1.82, 2.24) is 4.98 Å². The number of hydrogen-bond donors (Lipinski definition) is 2. The zero-order chi connectivity index (χ0) is 10.8.